The van der Waals surface area contributed by atoms with Crippen molar-refractivity contribution in [1.82, 2.24) is 5.32 Å². The number of benzene rings is 1. The minimum atomic E-state index is -1.31. The molecule has 0 saturated heterocycles. The number of carbonyl (C=O) groups excluding carboxylic acids is 1. The second-order valence-electron chi connectivity index (χ2n) is 5.53. The Morgan fingerprint density at radius 2 is 2.09 bits per heavy atom. The molecule has 1 atom stereocenters. The molecule has 2 aromatic rings. The van der Waals surface area contributed by atoms with Gasteiger partial charge in [0.05, 0.1) is 12.2 Å². The van der Waals surface area contributed by atoms with Gasteiger partial charge >= 0.3 is 6.03 Å². The van der Waals surface area contributed by atoms with Gasteiger partial charge in [-0.2, -0.15) is 0 Å². The quantitative estimate of drug-likeness (QED) is 0.794. The van der Waals surface area contributed by atoms with E-state index >= 15 is 0 Å². The molecule has 124 valence electrons. The fraction of sp³-hybridized carbons (Fsp3) is 0.312. The van der Waals surface area contributed by atoms with E-state index in [9.17, 15) is 14.3 Å². The van der Waals surface area contributed by atoms with Gasteiger partial charge < -0.3 is 20.2 Å². The molecule has 0 aliphatic carbocycles. The Kier molecular flexibility index (Phi) is 4.97. The van der Waals surface area contributed by atoms with Crippen LogP contribution in [0.3, 0.4) is 0 Å². The molecule has 1 heterocycles. The van der Waals surface area contributed by atoms with Gasteiger partial charge in [-0.15, -0.1) is 0 Å². The van der Waals surface area contributed by atoms with Crippen molar-refractivity contribution in [3.8, 4) is 0 Å². The molecule has 1 unspecified atom stereocenters. The number of rotatable bonds is 4. The molecule has 0 aliphatic rings. The van der Waals surface area contributed by atoms with Crippen molar-refractivity contribution in [1.29, 1.82) is 0 Å². The molecule has 2 rings (SSSR count). The van der Waals surface area contributed by atoms with Crippen LogP contribution < -0.4 is 10.6 Å². The van der Waals surface area contributed by atoms with E-state index in [-0.39, 0.29) is 17.3 Å². The maximum Gasteiger partial charge on any atom is 0.319 e. The number of furan rings is 1. The molecular formula is C16H18ClFN2O3. The highest BCUT2D eigenvalue weighted by Gasteiger charge is 2.28. The second kappa shape index (κ2) is 6.60. The van der Waals surface area contributed by atoms with Gasteiger partial charge in [0.25, 0.3) is 0 Å². The van der Waals surface area contributed by atoms with Crippen LogP contribution in [0.4, 0.5) is 14.9 Å². The lowest BCUT2D eigenvalue weighted by molar-refractivity contribution is 0.0584. The number of anilines is 1. The van der Waals surface area contributed by atoms with Gasteiger partial charge in [-0.05, 0) is 45.0 Å². The first kappa shape index (κ1) is 17.3. The predicted octanol–water partition coefficient (Wildman–Crippen LogP) is 3.72. The smallest absolute Gasteiger partial charge is 0.319 e. The summed E-state index contributed by atoms with van der Waals surface area (Å²) in [4.78, 5) is 11.9. The van der Waals surface area contributed by atoms with E-state index in [4.69, 9.17) is 16.0 Å². The van der Waals surface area contributed by atoms with Gasteiger partial charge in [0.1, 0.15) is 22.9 Å². The largest absolute Gasteiger partial charge is 0.466 e. The van der Waals surface area contributed by atoms with Crippen LogP contribution in [0.15, 0.2) is 28.7 Å². The summed E-state index contributed by atoms with van der Waals surface area (Å²) in [6.07, 6.45) is 0. The third-order valence-electron chi connectivity index (χ3n) is 3.39. The Morgan fingerprint density at radius 3 is 2.65 bits per heavy atom. The molecule has 0 radical (unpaired) electrons. The molecular weight excluding hydrogens is 323 g/mol. The molecule has 23 heavy (non-hydrogen) atoms. The normalized spacial score (nSPS) is 13.5. The van der Waals surface area contributed by atoms with Crippen molar-refractivity contribution >= 4 is 23.3 Å². The Balaban J connectivity index is 1.99. The van der Waals surface area contributed by atoms with Gasteiger partial charge in [0.15, 0.2) is 0 Å². The summed E-state index contributed by atoms with van der Waals surface area (Å²) in [5.41, 5.74) is -0.715. The Morgan fingerprint density at radius 1 is 1.39 bits per heavy atom. The van der Waals surface area contributed by atoms with Crippen LogP contribution in [-0.2, 0) is 5.60 Å². The summed E-state index contributed by atoms with van der Waals surface area (Å²) in [5, 5.41) is 15.6. The third-order valence-corrected chi connectivity index (χ3v) is 3.63. The Bertz CT molecular complexity index is 728. The highest BCUT2D eigenvalue weighted by Crippen LogP contribution is 2.26. The minimum absolute atomic E-state index is 0.00174. The number of hydrogen-bond acceptors (Lipinski definition) is 3. The molecule has 7 heteroatoms. The molecule has 3 N–H and O–H groups in total. The predicted molar refractivity (Wildman–Crippen MR) is 86.2 cm³/mol. The molecule has 0 saturated carbocycles. The molecule has 0 bridgehead atoms. The van der Waals surface area contributed by atoms with Gasteiger partial charge in [0, 0.05) is 10.6 Å². The lowest BCUT2D eigenvalue weighted by Crippen LogP contribution is -2.40. The molecule has 1 aromatic carbocycles. The third kappa shape index (κ3) is 4.24. The van der Waals surface area contributed by atoms with Crippen LogP contribution in [0, 0.1) is 19.7 Å². The van der Waals surface area contributed by atoms with Crippen LogP contribution in [0.1, 0.15) is 24.0 Å². The summed E-state index contributed by atoms with van der Waals surface area (Å²) in [7, 11) is 0. The van der Waals surface area contributed by atoms with Crippen molar-refractivity contribution in [3.05, 3.63) is 52.2 Å². The molecule has 5 nitrogen and oxygen atoms in total. The van der Waals surface area contributed by atoms with Gasteiger partial charge in [-0.3, -0.25) is 0 Å². The zero-order valence-electron chi connectivity index (χ0n) is 13.0. The van der Waals surface area contributed by atoms with Crippen molar-refractivity contribution in [3.63, 3.8) is 0 Å². The lowest BCUT2D eigenvalue weighted by Gasteiger charge is -2.23. The van der Waals surface area contributed by atoms with Crippen molar-refractivity contribution in [2.75, 3.05) is 11.9 Å². The summed E-state index contributed by atoms with van der Waals surface area (Å²) in [6.45, 7) is 5.01. The van der Waals surface area contributed by atoms with Crippen LogP contribution in [0.25, 0.3) is 0 Å². The number of aliphatic hydroxyl groups is 1. The zero-order chi connectivity index (χ0) is 17.2. The molecule has 0 aliphatic heterocycles. The first-order chi connectivity index (χ1) is 10.7. The zero-order valence-corrected chi connectivity index (χ0v) is 13.8. The number of nitrogens with one attached hydrogen (secondary N) is 2. The van der Waals surface area contributed by atoms with Crippen molar-refractivity contribution in [2.24, 2.45) is 0 Å². The summed E-state index contributed by atoms with van der Waals surface area (Å²) in [6, 6.07) is 5.01. The van der Waals surface area contributed by atoms with E-state index in [1.807, 2.05) is 0 Å². The molecule has 0 spiro atoms. The first-order valence-electron chi connectivity index (χ1n) is 6.99. The van der Waals surface area contributed by atoms with E-state index in [2.05, 4.69) is 10.6 Å². The maximum atomic E-state index is 13.6. The molecule has 2 amide bonds. The number of halogens is 2. The topological polar surface area (TPSA) is 74.5 Å². The Labute approximate surface area is 138 Å². The number of aryl methyl sites for hydroxylation is 2. The van der Waals surface area contributed by atoms with Crippen LogP contribution in [-0.4, -0.2) is 17.7 Å². The molecule has 0 fully saturated rings. The van der Waals surface area contributed by atoms with E-state index in [1.165, 1.54) is 12.1 Å². The van der Waals surface area contributed by atoms with Crippen LogP contribution >= 0.6 is 11.6 Å². The summed E-state index contributed by atoms with van der Waals surface area (Å²) in [5.74, 6) is 0.615. The van der Waals surface area contributed by atoms with Crippen molar-refractivity contribution in [2.45, 2.75) is 26.4 Å². The maximum absolute atomic E-state index is 13.6. The monoisotopic (exact) mass is 340 g/mol. The highest BCUT2D eigenvalue weighted by molar-refractivity contribution is 6.30. The second-order valence-corrected chi connectivity index (χ2v) is 5.97. The van der Waals surface area contributed by atoms with Gasteiger partial charge in [0.2, 0.25) is 0 Å². The average Bonchev–Trinajstić information content (AvgIpc) is 2.80. The number of amides is 2. The van der Waals surface area contributed by atoms with Crippen LogP contribution in [0.5, 0.6) is 0 Å². The Hall–Kier alpha value is -2.05. The number of hydrogen-bond donors (Lipinski definition) is 3. The van der Waals surface area contributed by atoms with Gasteiger partial charge in [-0.1, -0.05) is 11.6 Å². The first-order valence-corrected chi connectivity index (χ1v) is 7.36. The average molecular weight is 341 g/mol. The summed E-state index contributed by atoms with van der Waals surface area (Å²) < 4.78 is 19.0. The van der Waals surface area contributed by atoms with Crippen molar-refractivity contribution < 1.29 is 18.7 Å². The fourth-order valence-corrected chi connectivity index (χ4v) is 2.43. The summed E-state index contributed by atoms with van der Waals surface area (Å²) >= 11 is 5.65. The molecule has 1 aromatic heterocycles. The van der Waals surface area contributed by atoms with E-state index in [0.717, 1.165) is 6.07 Å². The van der Waals surface area contributed by atoms with Gasteiger partial charge in [-0.25, -0.2) is 9.18 Å². The lowest BCUT2D eigenvalue weighted by atomic mass is 9.96. The standard InChI is InChI=1S/C16H18ClFN2O3/c1-9-6-12(10(2)23-9)16(3,22)8-19-15(21)20-14-5-4-11(17)7-13(14)18/h4-7,22H,8H2,1-3H3,(H2,19,20,21). The highest BCUT2D eigenvalue weighted by atomic mass is 35.5. The fourth-order valence-electron chi connectivity index (χ4n) is 2.27. The number of urea groups is 1. The van der Waals surface area contributed by atoms with Crippen LogP contribution in [0.2, 0.25) is 5.02 Å². The minimum Gasteiger partial charge on any atom is -0.466 e. The number of carbonyl (C=O) groups is 1. The van der Waals surface area contributed by atoms with E-state index in [1.54, 1.807) is 26.8 Å². The van der Waals surface area contributed by atoms with E-state index in [0.29, 0.717) is 17.1 Å². The van der Waals surface area contributed by atoms with E-state index < -0.39 is 17.4 Å². The SMILES string of the molecule is Cc1cc(C(C)(O)CNC(=O)Nc2ccc(Cl)cc2F)c(C)o1.